The van der Waals surface area contributed by atoms with Crippen molar-refractivity contribution in [2.45, 2.75) is 31.2 Å². The van der Waals surface area contributed by atoms with Crippen molar-refractivity contribution in [3.8, 4) is 5.75 Å². The van der Waals surface area contributed by atoms with Crippen molar-refractivity contribution >= 4 is 33.2 Å². The van der Waals surface area contributed by atoms with Crippen molar-refractivity contribution in [2.75, 3.05) is 18.0 Å². The molecule has 0 bridgehead atoms. The third kappa shape index (κ3) is 5.61. The Morgan fingerprint density at radius 3 is 2.11 bits per heavy atom. The molecule has 0 heterocycles. The highest BCUT2D eigenvalue weighted by molar-refractivity contribution is 7.92. The monoisotopic (exact) mass is 410 g/mol. The molecule has 0 unspecified atom stereocenters. The topological polar surface area (TPSA) is 75.7 Å². The van der Waals surface area contributed by atoms with E-state index in [0.717, 1.165) is 4.31 Å². The predicted octanol–water partition coefficient (Wildman–Crippen LogP) is 3.46. The lowest BCUT2D eigenvalue weighted by molar-refractivity contribution is -0.121. The van der Waals surface area contributed by atoms with Crippen LogP contribution in [-0.4, -0.2) is 33.5 Å². The molecule has 2 rings (SSSR count). The molecule has 1 N–H and O–H groups in total. The first-order valence-electron chi connectivity index (χ1n) is 8.26. The number of anilines is 1. The number of methoxy groups -OCH3 is 1. The minimum atomic E-state index is -3.97. The highest BCUT2D eigenvalue weighted by atomic mass is 35.5. The van der Waals surface area contributed by atoms with Crippen molar-refractivity contribution in [3.63, 3.8) is 0 Å². The van der Waals surface area contributed by atoms with Crippen molar-refractivity contribution < 1.29 is 17.9 Å². The van der Waals surface area contributed by atoms with Crippen LogP contribution in [0, 0.1) is 0 Å². The van der Waals surface area contributed by atoms with Crippen LogP contribution in [0.4, 0.5) is 5.69 Å². The van der Waals surface area contributed by atoms with Gasteiger partial charge in [-0.15, -0.1) is 0 Å². The van der Waals surface area contributed by atoms with Gasteiger partial charge in [-0.25, -0.2) is 8.42 Å². The Kier molecular flexibility index (Phi) is 6.38. The number of carbonyl (C=O) groups excluding carboxylic acids is 1. The molecule has 2 aromatic rings. The lowest BCUT2D eigenvalue weighted by atomic mass is 10.1. The second-order valence-electron chi connectivity index (χ2n) is 6.96. The Morgan fingerprint density at radius 1 is 1.07 bits per heavy atom. The Hall–Kier alpha value is -2.25. The maximum absolute atomic E-state index is 13.2. The highest BCUT2D eigenvalue weighted by Crippen LogP contribution is 2.26. The van der Waals surface area contributed by atoms with Gasteiger partial charge in [0.1, 0.15) is 12.3 Å². The van der Waals surface area contributed by atoms with Crippen molar-refractivity contribution in [3.05, 3.63) is 53.6 Å². The number of nitrogens with zero attached hydrogens (tertiary/aromatic N) is 1. The summed E-state index contributed by atoms with van der Waals surface area (Å²) < 4.78 is 32.5. The van der Waals surface area contributed by atoms with E-state index in [0.29, 0.717) is 16.5 Å². The van der Waals surface area contributed by atoms with Crippen LogP contribution in [0.5, 0.6) is 5.75 Å². The van der Waals surface area contributed by atoms with E-state index >= 15 is 0 Å². The first-order valence-corrected chi connectivity index (χ1v) is 10.1. The largest absolute Gasteiger partial charge is 0.497 e. The predicted molar refractivity (Wildman–Crippen MR) is 107 cm³/mol. The number of carbonyl (C=O) groups is 1. The molecule has 27 heavy (non-hydrogen) atoms. The van der Waals surface area contributed by atoms with Crippen LogP contribution in [-0.2, 0) is 14.8 Å². The molecular formula is C19H23ClN2O4S. The summed E-state index contributed by atoms with van der Waals surface area (Å²) in [6.07, 6.45) is 0. The summed E-state index contributed by atoms with van der Waals surface area (Å²) in [6.45, 7) is 5.13. The van der Waals surface area contributed by atoms with E-state index in [1.54, 1.807) is 36.4 Å². The smallest absolute Gasteiger partial charge is 0.264 e. The SMILES string of the molecule is COc1ccc(S(=O)(=O)N(CC(=O)NC(C)(C)C)c2ccc(Cl)cc2)cc1. The summed E-state index contributed by atoms with van der Waals surface area (Å²) >= 11 is 5.91. The summed E-state index contributed by atoms with van der Waals surface area (Å²) in [7, 11) is -2.47. The van der Waals surface area contributed by atoms with Crippen LogP contribution in [0.1, 0.15) is 20.8 Å². The minimum Gasteiger partial charge on any atom is -0.497 e. The Balaban J connectivity index is 2.43. The molecule has 0 radical (unpaired) electrons. The van der Waals surface area contributed by atoms with Gasteiger partial charge < -0.3 is 10.1 Å². The number of halogens is 1. The zero-order chi connectivity index (χ0) is 20.2. The fourth-order valence-corrected chi connectivity index (χ4v) is 3.93. The van der Waals surface area contributed by atoms with Crippen LogP contribution in [0.15, 0.2) is 53.4 Å². The number of ether oxygens (including phenoxy) is 1. The van der Waals surface area contributed by atoms with E-state index in [4.69, 9.17) is 16.3 Å². The molecule has 0 spiro atoms. The third-order valence-corrected chi connectivity index (χ3v) is 5.60. The average molecular weight is 411 g/mol. The minimum absolute atomic E-state index is 0.0572. The number of nitrogens with one attached hydrogen (secondary N) is 1. The van der Waals surface area contributed by atoms with E-state index in [9.17, 15) is 13.2 Å². The van der Waals surface area contributed by atoms with Gasteiger partial charge in [-0.3, -0.25) is 9.10 Å². The van der Waals surface area contributed by atoms with Gasteiger partial charge in [-0.05, 0) is 69.3 Å². The Morgan fingerprint density at radius 2 is 1.63 bits per heavy atom. The first-order chi connectivity index (χ1) is 12.5. The maximum atomic E-state index is 13.2. The van der Waals surface area contributed by atoms with Crippen LogP contribution >= 0.6 is 11.6 Å². The summed E-state index contributed by atoms with van der Waals surface area (Å²) in [5.41, 5.74) is -0.133. The van der Waals surface area contributed by atoms with Gasteiger partial charge in [-0.1, -0.05) is 11.6 Å². The number of sulfonamides is 1. The zero-order valence-electron chi connectivity index (χ0n) is 15.7. The van der Waals surface area contributed by atoms with E-state index in [-0.39, 0.29) is 11.4 Å². The highest BCUT2D eigenvalue weighted by Gasteiger charge is 2.28. The van der Waals surface area contributed by atoms with Gasteiger partial charge in [-0.2, -0.15) is 0 Å². The number of amides is 1. The summed E-state index contributed by atoms with van der Waals surface area (Å²) in [5, 5.41) is 3.25. The van der Waals surface area contributed by atoms with Gasteiger partial charge in [0.25, 0.3) is 10.0 Å². The molecule has 6 nitrogen and oxygen atoms in total. The Labute approximate surface area is 165 Å². The number of rotatable bonds is 6. The van der Waals surface area contributed by atoms with Crippen LogP contribution < -0.4 is 14.4 Å². The fourth-order valence-electron chi connectivity index (χ4n) is 2.39. The van der Waals surface area contributed by atoms with E-state index in [1.165, 1.54) is 19.2 Å². The standard InChI is InChI=1S/C19H23ClN2O4S/c1-19(2,3)21-18(23)13-22(15-7-5-14(20)6-8-15)27(24,25)17-11-9-16(26-4)10-12-17/h5-12H,13H2,1-4H3,(H,21,23). The van der Waals surface area contributed by atoms with Crippen LogP contribution in [0.2, 0.25) is 5.02 Å². The van der Waals surface area contributed by atoms with Gasteiger partial charge >= 0.3 is 0 Å². The molecule has 0 aliphatic rings. The fraction of sp³-hybridized carbons (Fsp3) is 0.316. The molecule has 146 valence electrons. The average Bonchev–Trinajstić information content (AvgIpc) is 2.59. The van der Waals surface area contributed by atoms with Gasteiger partial charge in [0.15, 0.2) is 0 Å². The summed E-state index contributed by atoms with van der Waals surface area (Å²) in [4.78, 5) is 12.5. The van der Waals surface area contributed by atoms with E-state index < -0.39 is 21.5 Å². The molecule has 0 atom stereocenters. The number of benzene rings is 2. The van der Waals surface area contributed by atoms with Crippen LogP contribution in [0.3, 0.4) is 0 Å². The summed E-state index contributed by atoms with van der Waals surface area (Å²) in [5.74, 6) is 0.131. The lowest BCUT2D eigenvalue weighted by Gasteiger charge is -2.27. The van der Waals surface area contributed by atoms with Gasteiger partial charge in [0.05, 0.1) is 17.7 Å². The van der Waals surface area contributed by atoms with E-state index in [1.807, 2.05) is 20.8 Å². The molecule has 0 fully saturated rings. The molecule has 0 aliphatic heterocycles. The second kappa shape index (κ2) is 8.19. The normalized spacial score (nSPS) is 11.7. The quantitative estimate of drug-likeness (QED) is 0.791. The van der Waals surface area contributed by atoms with Gasteiger partial charge in [0, 0.05) is 10.6 Å². The zero-order valence-corrected chi connectivity index (χ0v) is 17.3. The van der Waals surface area contributed by atoms with Crippen molar-refractivity contribution in [1.29, 1.82) is 0 Å². The molecule has 0 aromatic heterocycles. The Bertz CT molecular complexity index is 889. The van der Waals surface area contributed by atoms with Crippen molar-refractivity contribution in [2.24, 2.45) is 0 Å². The molecular weight excluding hydrogens is 388 g/mol. The molecule has 0 aliphatic carbocycles. The third-order valence-electron chi connectivity index (χ3n) is 3.56. The lowest BCUT2D eigenvalue weighted by Crippen LogP contribution is -2.47. The molecule has 0 saturated carbocycles. The maximum Gasteiger partial charge on any atom is 0.264 e. The molecule has 1 amide bonds. The molecule has 0 saturated heterocycles. The second-order valence-corrected chi connectivity index (χ2v) is 9.26. The number of hydrogen-bond acceptors (Lipinski definition) is 4. The first kappa shape index (κ1) is 21.1. The summed E-state index contributed by atoms with van der Waals surface area (Å²) in [6, 6.07) is 12.3. The molecule has 8 heteroatoms. The van der Waals surface area contributed by atoms with Crippen molar-refractivity contribution in [1.82, 2.24) is 5.32 Å². The van der Waals surface area contributed by atoms with Gasteiger partial charge in [0.2, 0.25) is 5.91 Å². The van der Waals surface area contributed by atoms with Crippen LogP contribution in [0.25, 0.3) is 0 Å². The molecule has 2 aromatic carbocycles. The van der Waals surface area contributed by atoms with E-state index in [2.05, 4.69) is 5.32 Å². The number of hydrogen-bond donors (Lipinski definition) is 1.